The fraction of sp³-hybridized carbons (Fsp3) is 0.409. The van der Waals surface area contributed by atoms with E-state index in [4.69, 9.17) is 14.2 Å². The van der Waals surface area contributed by atoms with E-state index in [0.717, 1.165) is 25.4 Å². The highest BCUT2D eigenvalue weighted by Gasteiger charge is 2.26. The molecule has 0 N–H and O–H groups in total. The molecule has 0 radical (unpaired) electrons. The van der Waals surface area contributed by atoms with Crippen molar-refractivity contribution in [2.75, 3.05) is 53.6 Å². The number of piperazine rings is 1. The highest BCUT2D eigenvalue weighted by molar-refractivity contribution is 5.99. The number of methoxy groups -OCH3 is 2. The molecule has 1 aliphatic rings. The van der Waals surface area contributed by atoms with E-state index in [-0.39, 0.29) is 5.91 Å². The number of nitrogens with zero attached hydrogens (tertiary/aromatic N) is 2. The van der Waals surface area contributed by atoms with E-state index < -0.39 is 0 Å². The number of carbonyl (C=O) groups excluding carboxylic acids is 1. The van der Waals surface area contributed by atoms with Gasteiger partial charge in [-0.15, -0.1) is 0 Å². The maximum absolute atomic E-state index is 13.0. The minimum absolute atomic E-state index is 0.0510. The number of rotatable bonds is 7. The average molecular weight is 384 g/mol. The average Bonchev–Trinajstić information content (AvgIpc) is 2.73. The zero-order chi connectivity index (χ0) is 19.9. The van der Waals surface area contributed by atoms with Gasteiger partial charge in [0.05, 0.1) is 14.2 Å². The molecule has 2 aromatic carbocycles. The van der Waals surface area contributed by atoms with Crippen LogP contribution in [0.15, 0.2) is 42.5 Å². The second kappa shape index (κ2) is 9.46. The van der Waals surface area contributed by atoms with E-state index in [1.165, 1.54) is 5.56 Å². The Bertz CT molecular complexity index is 779. The van der Waals surface area contributed by atoms with E-state index in [1.54, 1.807) is 26.4 Å². The first kappa shape index (κ1) is 20.0. The summed E-state index contributed by atoms with van der Waals surface area (Å²) in [5.74, 6) is 1.93. The normalized spacial score (nSPS) is 14.6. The minimum atomic E-state index is -0.0510. The summed E-state index contributed by atoms with van der Waals surface area (Å²) < 4.78 is 16.6. The Kier molecular flexibility index (Phi) is 6.76. The molecule has 1 saturated heterocycles. The number of benzene rings is 2. The summed E-state index contributed by atoms with van der Waals surface area (Å²) in [7, 11) is 3.13. The SMILES string of the molecule is COc1cccc(OC)c1C(=O)N1CCN(CCOc2cccc(C)c2)CC1. The van der Waals surface area contributed by atoms with Gasteiger partial charge < -0.3 is 19.1 Å². The van der Waals surface area contributed by atoms with Gasteiger partial charge >= 0.3 is 0 Å². The summed E-state index contributed by atoms with van der Waals surface area (Å²) in [5.41, 5.74) is 1.68. The van der Waals surface area contributed by atoms with Gasteiger partial charge in [-0.1, -0.05) is 18.2 Å². The van der Waals surface area contributed by atoms with Crippen LogP contribution in [-0.2, 0) is 0 Å². The molecule has 0 bridgehead atoms. The molecular weight excluding hydrogens is 356 g/mol. The molecule has 0 saturated carbocycles. The highest BCUT2D eigenvalue weighted by Crippen LogP contribution is 2.29. The van der Waals surface area contributed by atoms with Crippen molar-refractivity contribution in [3.8, 4) is 17.2 Å². The Balaban J connectivity index is 1.52. The van der Waals surface area contributed by atoms with Crippen LogP contribution in [0.1, 0.15) is 15.9 Å². The van der Waals surface area contributed by atoms with Crippen molar-refractivity contribution >= 4 is 5.91 Å². The van der Waals surface area contributed by atoms with Crippen molar-refractivity contribution < 1.29 is 19.0 Å². The van der Waals surface area contributed by atoms with Gasteiger partial charge in [0.1, 0.15) is 29.4 Å². The van der Waals surface area contributed by atoms with Gasteiger partial charge in [0.15, 0.2) is 0 Å². The molecule has 0 atom stereocenters. The molecule has 3 rings (SSSR count). The van der Waals surface area contributed by atoms with E-state index >= 15 is 0 Å². The summed E-state index contributed by atoms with van der Waals surface area (Å²) in [4.78, 5) is 17.2. The second-order valence-corrected chi connectivity index (χ2v) is 6.84. The lowest BCUT2D eigenvalue weighted by molar-refractivity contribution is 0.0614. The van der Waals surface area contributed by atoms with Crippen molar-refractivity contribution in [2.24, 2.45) is 0 Å². The maximum Gasteiger partial charge on any atom is 0.261 e. The monoisotopic (exact) mass is 384 g/mol. The molecule has 0 spiro atoms. The lowest BCUT2D eigenvalue weighted by Crippen LogP contribution is -2.49. The molecule has 6 nitrogen and oxygen atoms in total. The minimum Gasteiger partial charge on any atom is -0.496 e. The lowest BCUT2D eigenvalue weighted by Gasteiger charge is -2.35. The van der Waals surface area contributed by atoms with Crippen LogP contribution in [0.3, 0.4) is 0 Å². The predicted molar refractivity (Wildman–Crippen MR) is 109 cm³/mol. The molecule has 0 unspecified atom stereocenters. The standard InChI is InChI=1S/C22H28N2O4/c1-17-6-4-7-18(16-17)28-15-14-23-10-12-24(13-11-23)22(25)21-19(26-2)8-5-9-20(21)27-3/h4-9,16H,10-15H2,1-3H3. The maximum atomic E-state index is 13.0. The number of amides is 1. The van der Waals surface area contributed by atoms with Crippen LogP contribution in [0.25, 0.3) is 0 Å². The number of aryl methyl sites for hydroxylation is 1. The first-order valence-corrected chi connectivity index (χ1v) is 9.54. The van der Waals surface area contributed by atoms with E-state index in [9.17, 15) is 4.79 Å². The molecule has 1 amide bonds. The van der Waals surface area contributed by atoms with Gasteiger partial charge in [-0.05, 0) is 36.8 Å². The first-order valence-electron chi connectivity index (χ1n) is 9.54. The van der Waals surface area contributed by atoms with Crippen LogP contribution in [0.2, 0.25) is 0 Å². The Morgan fingerprint density at radius 2 is 1.61 bits per heavy atom. The van der Waals surface area contributed by atoms with E-state index in [1.807, 2.05) is 29.2 Å². The van der Waals surface area contributed by atoms with Gasteiger partial charge in [0.2, 0.25) is 0 Å². The highest BCUT2D eigenvalue weighted by atomic mass is 16.5. The van der Waals surface area contributed by atoms with Gasteiger partial charge in [-0.3, -0.25) is 9.69 Å². The molecule has 0 aromatic heterocycles. The molecular formula is C22H28N2O4. The van der Waals surface area contributed by atoms with Gasteiger partial charge in [0.25, 0.3) is 5.91 Å². The third-order valence-corrected chi connectivity index (χ3v) is 4.97. The smallest absolute Gasteiger partial charge is 0.261 e. The lowest BCUT2D eigenvalue weighted by atomic mass is 10.1. The van der Waals surface area contributed by atoms with Gasteiger partial charge in [-0.25, -0.2) is 0 Å². The van der Waals surface area contributed by atoms with E-state index in [2.05, 4.69) is 17.9 Å². The summed E-state index contributed by atoms with van der Waals surface area (Å²) >= 11 is 0. The Morgan fingerprint density at radius 3 is 2.21 bits per heavy atom. The number of ether oxygens (including phenoxy) is 3. The van der Waals surface area contributed by atoms with Crippen LogP contribution in [0.4, 0.5) is 0 Å². The molecule has 2 aromatic rings. The Hall–Kier alpha value is -2.73. The van der Waals surface area contributed by atoms with Crippen molar-refractivity contribution in [3.05, 3.63) is 53.6 Å². The fourth-order valence-corrected chi connectivity index (χ4v) is 3.39. The largest absolute Gasteiger partial charge is 0.496 e. The van der Waals surface area contributed by atoms with Crippen LogP contribution in [0.5, 0.6) is 17.2 Å². The number of hydrogen-bond acceptors (Lipinski definition) is 5. The third-order valence-electron chi connectivity index (χ3n) is 4.97. The van der Waals surface area contributed by atoms with Gasteiger partial charge in [-0.2, -0.15) is 0 Å². The molecule has 6 heteroatoms. The summed E-state index contributed by atoms with van der Waals surface area (Å²) in [6.45, 7) is 6.52. The molecule has 28 heavy (non-hydrogen) atoms. The Labute approximate surface area is 166 Å². The predicted octanol–water partition coefficient (Wildman–Crippen LogP) is 2.85. The second-order valence-electron chi connectivity index (χ2n) is 6.84. The topological polar surface area (TPSA) is 51.2 Å². The Morgan fingerprint density at radius 1 is 0.964 bits per heavy atom. The van der Waals surface area contributed by atoms with Crippen molar-refractivity contribution in [1.29, 1.82) is 0 Å². The van der Waals surface area contributed by atoms with Gasteiger partial charge in [0, 0.05) is 32.7 Å². The molecule has 1 fully saturated rings. The van der Waals surface area contributed by atoms with Crippen molar-refractivity contribution in [1.82, 2.24) is 9.80 Å². The van der Waals surface area contributed by atoms with Crippen LogP contribution < -0.4 is 14.2 Å². The van der Waals surface area contributed by atoms with Crippen molar-refractivity contribution in [2.45, 2.75) is 6.92 Å². The number of hydrogen-bond donors (Lipinski definition) is 0. The third kappa shape index (κ3) is 4.75. The molecule has 1 heterocycles. The number of carbonyl (C=O) groups is 1. The molecule has 1 aliphatic heterocycles. The van der Waals surface area contributed by atoms with Crippen molar-refractivity contribution in [3.63, 3.8) is 0 Å². The summed E-state index contributed by atoms with van der Waals surface area (Å²) in [5, 5.41) is 0. The zero-order valence-electron chi connectivity index (χ0n) is 16.8. The summed E-state index contributed by atoms with van der Waals surface area (Å²) in [6, 6.07) is 13.5. The van der Waals surface area contributed by atoms with Crippen LogP contribution >= 0.6 is 0 Å². The van der Waals surface area contributed by atoms with Crippen LogP contribution in [-0.4, -0.2) is 69.3 Å². The van der Waals surface area contributed by atoms with E-state index in [0.29, 0.717) is 36.8 Å². The first-order chi connectivity index (χ1) is 13.6. The fourth-order valence-electron chi connectivity index (χ4n) is 3.39. The summed E-state index contributed by atoms with van der Waals surface area (Å²) in [6.07, 6.45) is 0. The zero-order valence-corrected chi connectivity index (χ0v) is 16.8. The molecule has 150 valence electrons. The van der Waals surface area contributed by atoms with Crippen LogP contribution in [0, 0.1) is 6.92 Å². The quantitative estimate of drug-likeness (QED) is 0.735. The molecule has 0 aliphatic carbocycles.